The summed E-state index contributed by atoms with van der Waals surface area (Å²) in [6.07, 6.45) is 0. The van der Waals surface area contributed by atoms with E-state index >= 15 is 0 Å². The molecule has 1 heterocycles. The fourth-order valence-electron chi connectivity index (χ4n) is 2.00. The van der Waals surface area contributed by atoms with Crippen LogP contribution in [-0.2, 0) is 10.0 Å². The van der Waals surface area contributed by atoms with Gasteiger partial charge in [0.25, 0.3) is 10.0 Å². The monoisotopic (exact) mass is 311 g/mol. The van der Waals surface area contributed by atoms with Crippen LogP contribution in [0.1, 0.15) is 17.4 Å². The summed E-state index contributed by atoms with van der Waals surface area (Å²) >= 11 is 1.25. The average Bonchev–Trinajstić information content (AvgIpc) is 2.81. The van der Waals surface area contributed by atoms with Gasteiger partial charge in [-0.3, -0.25) is 4.31 Å². The zero-order chi connectivity index (χ0) is 14.9. The smallest absolute Gasteiger partial charge is 0.273 e. The van der Waals surface area contributed by atoms with Crippen molar-refractivity contribution in [1.82, 2.24) is 0 Å². The maximum atomic E-state index is 12.7. The highest BCUT2D eigenvalue weighted by Crippen LogP contribution is 2.32. The first kappa shape index (κ1) is 14.9. The molecule has 1 aromatic heterocycles. The number of phenolic OH excluding ortho intramolecular Hbond substituents is 1. The van der Waals surface area contributed by atoms with Crippen molar-refractivity contribution in [2.24, 2.45) is 0 Å². The van der Waals surface area contributed by atoms with Crippen LogP contribution >= 0.6 is 11.3 Å². The molecule has 0 aliphatic heterocycles. The third-order valence-electron chi connectivity index (χ3n) is 3.01. The summed E-state index contributed by atoms with van der Waals surface area (Å²) in [6.45, 7) is 5.79. The van der Waals surface area contributed by atoms with Crippen LogP contribution in [-0.4, -0.2) is 20.1 Å². The van der Waals surface area contributed by atoms with Crippen molar-refractivity contribution >= 4 is 27.0 Å². The molecular formula is C14H17NO3S2. The number of thiophene rings is 1. The summed E-state index contributed by atoms with van der Waals surface area (Å²) in [5, 5.41) is 9.60. The lowest BCUT2D eigenvalue weighted by Crippen LogP contribution is -2.30. The van der Waals surface area contributed by atoms with Crippen LogP contribution in [0.2, 0.25) is 0 Å². The predicted molar refractivity (Wildman–Crippen MR) is 82.1 cm³/mol. The number of hydrogen-bond donors (Lipinski definition) is 1. The molecule has 0 saturated heterocycles. The zero-order valence-corrected chi connectivity index (χ0v) is 13.3. The Morgan fingerprint density at radius 3 is 2.45 bits per heavy atom. The Morgan fingerprint density at radius 1 is 1.20 bits per heavy atom. The third-order valence-corrected chi connectivity index (χ3v) is 6.37. The number of nitrogens with zero attached hydrogens (tertiary/aromatic N) is 1. The number of sulfonamides is 1. The molecule has 0 atom stereocenters. The van der Waals surface area contributed by atoms with Crippen molar-refractivity contribution in [1.29, 1.82) is 0 Å². The minimum absolute atomic E-state index is 0.0570. The molecule has 0 unspecified atom stereocenters. The fraction of sp³-hybridized carbons (Fsp3) is 0.286. The summed E-state index contributed by atoms with van der Waals surface area (Å²) in [4.78, 5) is 0.951. The fourth-order valence-corrected chi connectivity index (χ4v) is 4.92. The second-order valence-corrected chi connectivity index (χ2v) is 7.88. The molecule has 0 aliphatic rings. The molecule has 0 radical (unpaired) electrons. The van der Waals surface area contributed by atoms with E-state index < -0.39 is 10.0 Å². The molecule has 1 N–H and O–H groups in total. The van der Waals surface area contributed by atoms with Crippen LogP contribution in [0.15, 0.2) is 34.5 Å². The van der Waals surface area contributed by atoms with Crippen molar-refractivity contribution < 1.29 is 13.5 Å². The quantitative estimate of drug-likeness (QED) is 0.942. The summed E-state index contributed by atoms with van der Waals surface area (Å²) in [6, 6.07) is 8.16. The average molecular weight is 311 g/mol. The summed E-state index contributed by atoms with van der Waals surface area (Å²) in [5.74, 6) is 0.0570. The van der Waals surface area contributed by atoms with Gasteiger partial charge in [-0.2, -0.15) is 0 Å². The van der Waals surface area contributed by atoms with Gasteiger partial charge in [0, 0.05) is 17.5 Å². The number of hydrogen-bond acceptors (Lipinski definition) is 4. The highest BCUT2D eigenvalue weighted by Gasteiger charge is 2.26. The highest BCUT2D eigenvalue weighted by atomic mass is 32.2. The van der Waals surface area contributed by atoms with Crippen molar-refractivity contribution in [2.45, 2.75) is 25.0 Å². The van der Waals surface area contributed by atoms with E-state index in [2.05, 4.69) is 0 Å². The molecule has 0 fully saturated rings. The number of rotatable bonds is 4. The summed E-state index contributed by atoms with van der Waals surface area (Å²) in [5.41, 5.74) is 1.32. The Kier molecular flexibility index (Phi) is 4.06. The first-order valence-corrected chi connectivity index (χ1v) is 8.50. The second kappa shape index (κ2) is 5.46. The molecule has 0 saturated carbocycles. The Labute approximate surface area is 123 Å². The van der Waals surface area contributed by atoms with Crippen LogP contribution in [0.3, 0.4) is 0 Å². The van der Waals surface area contributed by atoms with E-state index in [4.69, 9.17) is 0 Å². The van der Waals surface area contributed by atoms with E-state index in [1.165, 1.54) is 21.7 Å². The molecular weight excluding hydrogens is 294 g/mol. The summed E-state index contributed by atoms with van der Waals surface area (Å²) in [7, 11) is -3.58. The summed E-state index contributed by atoms with van der Waals surface area (Å²) < 4.78 is 27.0. The second-order valence-electron chi connectivity index (χ2n) is 4.51. The lowest BCUT2D eigenvalue weighted by molar-refractivity contribution is 0.475. The minimum atomic E-state index is -3.58. The molecule has 20 heavy (non-hydrogen) atoms. The van der Waals surface area contributed by atoms with Crippen LogP contribution < -0.4 is 4.31 Å². The van der Waals surface area contributed by atoms with E-state index in [-0.39, 0.29) is 5.75 Å². The first-order valence-electron chi connectivity index (χ1n) is 6.25. The van der Waals surface area contributed by atoms with Crippen LogP contribution in [0.25, 0.3) is 0 Å². The van der Waals surface area contributed by atoms with Gasteiger partial charge in [-0.25, -0.2) is 8.42 Å². The van der Waals surface area contributed by atoms with Gasteiger partial charge in [-0.05, 0) is 44.5 Å². The molecule has 0 spiro atoms. The third kappa shape index (κ3) is 2.66. The molecule has 0 bridgehead atoms. The molecule has 6 heteroatoms. The van der Waals surface area contributed by atoms with Crippen molar-refractivity contribution in [3.63, 3.8) is 0 Å². The zero-order valence-electron chi connectivity index (χ0n) is 11.6. The van der Waals surface area contributed by atoms with Gasteiger partial charge in [0.05, 0.1) is 5.69 Å². The Bertz CT molecular complexity index is 720. The van der Waals surface area contributed by atoms with Crippen LogP contribution in [0, 0.1) is 13.8 Å². The number of benzene rings is 1. The minimum Gasteiger partial charge on any atom is -0.508 e. The van der Waals surface area contributed by atoms with Crippen LogP contribution in [0.5, 0.6) is 5.75 Å². The molecule has 0 amide bonds. The number of phenols is 1. The SMILES string of the molecule is CCN(c1cc(O)ccc1C)S(=O)(=O)c1ccc(C)s1. The number of aryl methyl sites for hydroxylation is 2. The maximum Gasteiger partial charge on any atom is 0.273 e. The Hall–Kier alpha value is -1.53. The van der Waals surface area contributed by atoms with Gasteiger partial charge in [-0.15, -0.1) is 11.3 Å². The molecule has 4 nitrogen and oxygen atoms in total. The molecule has 0 aliphatic carbocycles. The van der Waals surface area contributed by atoms with E-state index in [1.807, 2.05) is 13.8 Å². The normalized spacial score (nSPS) is 11.6. The van der Waals surface area contributed by atoms with Crippen LogP contribution in [0.4, 0.5) is 5.69 Å². The molecule has 2 rings (SSSR count). The first-order chi connectivity index (χ1) is 9.36. The van der Waals surface area contributed by atoms with E-state index in [1.54, 1.807) is 31.2 Å². The van der Waals surface area contributed by atoms with Crippen molar-refractivity contribution in [3.05, 3.63) is 40.8 Å². The Balaban J connectivity index is 2.54. The lowest BCUT2D eigenvalue weighted by atomic mass is 10.2. The molecule has 2 aromatic rings. The van der Waals surface area contributed by atoms with E-state index in [9.17, 15) is 13.5 Å². The number of aromatic hydroxyl groups is 1. The number of anilines is 1. The highest BCUT2D eigenvalue weighted by molar-refractivity contribution is 7.94. The lowest BCUT2D eigenvalue weighted by Gasteiger charge is -2.23. The standard InChI is InChI=1S/C14H17NO3S2/c1-4-15(13-9-12(16)7-5-10(13)2)20(17,18)14-8-6-11(3)19-14/h5-9,16H,4H2,1-3H3. The molecule has 1 aromatic carbocycles. The maximum absolute atomic E-state index is 12.7. The molecule has 108 valence electrons. The van der Waals surface area contributed by atoms with Crippen molar-refractivity contribution in [2.75, 3.05) is 10.8 Å². The van der Waals surface area contributed by atoms with E-state index in [0.717, 1.165) is 10.4 Å². The van der Waals surface area contributed by atoms with Gasteiger partial charge in [0.1, 0.15) is 9.96 Å². The van der Waals surface area contributed by atoms with Gasteiger partial charge < -0.3 is 5.11 Å². The Morgan fingerprint density at radius 2 is 1.90 bits per heavy atom. The van der Waals surface area contributed by atoms with Gasteiger partial charge in [-0.1, -0.05) is 6.07 Å². The predicted octanol–water partition coefficient (Wildman–Crippen LogP) is 3.29. The topological polar surface area (TPSA) is 57.6 Å². The van der Waals surface area contributed by atoms with Gasteiger partial charge >= 0.3 is 0 Å². The van der Waals surface area contributed by atoms with Gasteiger partial charge in [0.15, 0.2) is 0 Å². The van der Waals surface area contributed by atoms with Crippen molar-refractivity contribution in [3.8, 4) is 5.75 Å². The van der Waals surface area contributed by atoms with Gasteiger partial charge in [0.2, 0.25) is 0 Å². The van der Waals surface area contributed by atoms with E-state index in [0.29, 0.717) is 16.4 Å². The largest absolute Gasteiger partial charge is 0.508 e.